The van der Waals surface area contributed by atoms with Gasteiger partial charge in [0.25, 0.3) is 5.56 Å². The largest absolute Gasteiger partial charge is 0.370 e. The minimum Gasteiger partial charge on any atom is -0.370 e. The monoisotopic (exact) mass is 263 g/mol. The highest BCUT2D eigenvalue weighted by Gasteiger charge is 2.37. The summed E-state index contributed by atoms with van der Waals surface area (Å²) in [5.74, 6) is 0.724. The Kier molecular flexibility index (Phi) is 3.41. The molecule has 5 nitrogen and oxygen atoms in total. The van der Waals surface area contributed by atoms with Crippen LogP contribution in [0.3, 0.4) is 0 Å². The van der Waals surface area contributed by atoms with Crippen molar-refractivity contribution in [3.63, 3.8) is 0 Å². The zero-order valence-electron chi connectivity index (χ0n) is 11.4. The van der Waals surface area contributed by atoms with Gasteiger partial charge in [-0.25, -0.2) is 4.98 Å². The minimum absolute atomic E-state index is 0.0171. The second kappa shape index (κ2) is 5.06. The number of fused-ring (bicyclic) bond motifs is 1. The fourth-order valence-electron chi connectivity index (χ4n) is 3.24. The smallest absolute Gasteiger partial charge is 0.254 e. The molecular weight excluding hydrogens is 242 g/mol. The summed E-state index contributed by atoms with van der Waals surface area (Å²) in [5, 5.41) is 3.27. The average Bonchev–Trinajstić information content (AvgIpc) is 2.48. The predicted octanol–water partition coefficient (Wildman–Crippen LogP) is 1.22. The molecule has 1 aromatic rings. The Labute approximate surface area is 112 Å². The molecule has 0 aromatic carbocycles. The molecular formula is C14H21N3O2. The van der Waals surface area contributed by atoms with Crippen LogP contribution in [0.25, 0.3) is 0 Å². The van der Waals surface area contributed by atoms with Crippen LogP contribution in [0.2, 0.25) is 0 Å². The third-order valence-electron chi connectivity index (χ3n) is 4.43. The molecule has 0 bridgehead atoms. The molecule has 3 rings (SSSR count). The number of aromatic amines is 1. The number of ether oxygens (including phenoxy) is 1. The normalized spacial score (nSPS) is 21.9. The van der Waals surface area contributed by atoms with Gasteiger partial charge in [-0.15, -0.1) is 0 Å². The van der Waals surface area contributed by atoms with Gasteiger partial charge in [0.1, 0.15) is 11.4 Å². The first-order valence-corrected chi connectivity index (χ1v) is 7.14. The summed E-state index contributed by atoms with van der Waals surface area (Å²) in [5.41, 5.74) is 1.37. The van der Waals surface area contributed by atoms with Crippen molar-refractivity contribution < 1.29 is 4.74 Å². The summed E-state index contributed by atoms with van der Waals surface area (Å²) < 4.78 is 5.76. The lowest BCUT2D eigenvalue weighted by Crippen LogP contribution is -2.38. The van der Waals surface area contributed by atoms with Crippen molar-refractivity contribution in [2.24, 2.45) is 0 Å². The molecule has 1 aliphatic carbocycles. The van der Waals surface area contributed by atoms with E-state index in [1.54, 1.807) is 7.11 Å². The molecule has 104 valence electrons. The summed E-state index contributed by atoms with van der Waals surface area (Å²) in [6.07, 6.45) is 6.15. The minimum atomic E-state index is -0.385. The number of methoxy groups -OCH3 is 1. The Morgan fingerprint density at radius 3 is 2.79 bits per heavy atom. The number of nitrogens with one attached hydrogen (secondary N) is 2. The highest BCUT2D eigenvalue weighted by Crippen LogP contribution is 2.38. The molecule has 5 heteroatoms. The van der Waals surface area contributed by atoms with Gasteiger partial charge in [0.2, 0.25) is 0 Å². The molecule has 2 N–H and O–H groups in total. The van der Waals surface area contributed by atoms with Crippen LogP contribution in [0.4, 0.5) is 0 Å². The molecule has 0 unspecified atom stereocenters. The number of H-pyrrole nitrogens is 1. The van der Waals surface area contributed by atoms with Crippen LogP contribution in [-0.2, 0) is 23.3 Å². The highest BCUT2D eigenvalue weighted by molar-refractivity contribution is 5.22. The second-order valence-electron chi connectivity index (χ2n) is 5.53. The maximum Gasteiger partial charge on any atom is 0.254 e. The van der Waals surface area contributed by atoms with Crippen molar-refractivity contribution in [3.8, 4) is 0 Å². The lowest BCUT2D eigenvalue weighted by atomic mass is 9.83. The lowest BCUT2D eigenvalue weighted by Gasteiger charge is -2.35. The lowest BCUT2D eigenvalue weighted by molar-refractivity contribution is -0.0518. The van der Waals surface area contributed by atoms with Crippen LogP contribution < -0.4 is 10.9 Å². The predicted molar refractivity (Wildman–Crippen MR) is 72.0 cm³/mol. The summed E-state index contributed by atoms with van der Waals surface area (Å²) in [4.78, 5) is 19.9. The molecule has 1 saturated carbocycles. The average molecular weight is 263 g/mol. The van der Waals surface area contributed by atoms with Crippen LogP contribution >= 0.6 is 0 Å². The van der Waals surface area contributed by atoms with E-state index >= 15 is 0 Å². The van der Waals surface area contributed by atoms with Crippen LogP contribution in [0.5, 0.6) is 0 Å². The van der Waals surface area contributed by atoms with Crippen molar-refractivity contribution in [1.82, 2.24) is 15.3 Å². The quantitative estimate of drug-likeness (QED) is 0.842. The fourth-order valence-corrected chi connectivity index (χ4v) is 3.24. The molecule has 1 aromatic heterocycles. The van der Waals surface area contributed by atoms with E-state index in [9.17, 15) is 4.79 Å². The number of hydrogen-bond donors (Lipinski definition) is 2. The Morgan fingerprint density at radius 2 is 2.05 bits per heavy atom. The Morgan fingerprint density at radius 1 is 1.26 bits per heavy atom. The molecule has 0 saturated heterocycles. The fraction of sp³-hybridized carbons (Fsp3) is 0.714. The van der Waals surface area contributed by atoms with Crippen molar-refractivity contribution in [2.45, 2.75) is 50.7 Å². The highest BCUT2D eigenvalue weighted by atomic mass is 16.5. The molecule has 19 heavy (non-hydrogen) atoms. The molecule has 2 heterocycles. The van der Waals surface area contributed by atoms with E-state index in [-0.39, 0.29) is 11.2 Å². The van der Waals surface area contributed by atoms with Crippen molar-refractivity contribution in [2.75, 3.05) is 13.7 Å². The number of hydrogen-bond acceptors (Lipinski definition) is 4. The SMILES string of the molecule is COC1(c2nc3c(c(=O)[nH]2)CCNC3)CCCCC1. The first-order valence-electron chi connectivity index (χ1n) is 7.14. The Bertz CT molecular complexity index is 518. The van der Waals surface area contributed by atoms with Gasteiger partial charge < -0.3 is 15.0 Å². The summed E-state index contributed by atoms with van der Waals surface area (Å²) in [6, 6.07) is 0. The molecule has 0 spiro atoms. The zero-order valence-corrected chi connectivity index (χ0v) is 11.4. The van der Waals surface area contributed by atoms with Gasteiger partial charge in [0.15, 0.2) is 0 Å². The first-order chi connectivity index (χ1) is 9.25. The zero-order chi connectivity index (χ0) is 13.3. The molecule has 1 aliphatic heterocycles. The van der Waals surface area contributed by atoms with Gasteiger partial charge in [-0.1, -0.05) is 19.3 Å². The number of rotatable bonds is 2. The first kappa shape index (κ1) is 12.8. The van der Waals surface area contributed by atoms with Gasteiger partial charge in [-0.3, -0.25) is 4.79 Å². The second-order valence-corrected chi connectivity index (χ2v) is 5.53. The van der Waals surface area contributed by atoms with Gasteiger partial charge in [-0.2, -0.15) is 0 Å². The molecule has 2 aliphatic rings. The van der Waals surface area contributed by atoms with Gasteiger partial charge >= 0.3 is 0 Å². The van der Waals surface area contributed by atoms with Gasteiger partial charge in [0.05, 0.1) is 5.69 Å². The van der Waals surface area contributed by atoms with Crippen LogP contribution in [0, 0.1) is 0 Å². The van der Waals surface area contributed by atoms with Crippen LogP contribution in [0.1, 0.15) is 49.2 Å². The van der Waals surface area contributed by atoms with Gasteiger partial charge in [0, 0.05) is 19.2 Å². The standard InChI is InChI=1S/C14H21N3O2/c1-19-14(6-3-2-4-7-14)13-16-11-9-15-8-5-10(11)12(18)17-13/h15H,2-9H2,1H3,(H,16,17,18). The molecule has 1 fully saturated rings. The van der Waals surface area contributed by atoms with Gasteiger partial charge in [-0.05, 0) is 25.8 Å². The molecule has 0 radical (unpaired) electrons. The third-order valence-corrected chi connectivity index (χ3v) is 4.43. The van der Waals surface area contributed by atoms with Crippen molar-refractivity contribution >= 4 is 0 Å². The van der Waals surface area contributed by atoms with Crippen molar-refractivity contribution in [1.29, 1.82) is 0 Å². The number of nitrogens with zero attached hydrogens (tertiary/aromatic N) is 1. The Balaban J connectivity index is 2.04. The van der Waals surface area contributed by atoms with E-state index in [0.29, 0.717) is 6.54 Å². The van der Waals surface area contributed by atoms with Crippen molar-refractivity contribution in [3.05, 3.63) is 27.4 Å². The van der Waals surface area contributed by atoms with E-state index in [1.165, 1.54) is 6.42 Å². The van der Waals surface area contributed by atoms with Crippen LogP contribution in [-0.4, -0.2) is 23.6 Å². The molecule has 0 amide bonds. The summed E-state index contributed by atoms with van der Waals surface area (Å²) in [6.45, 7) is 1.54. The van der Waals surface area contributed by atoms with Crippen LogP contribution in [0.15, 0.2) is 4.79 Å². The third kappa shape index (κ3) is 2.21. The Hall–Kier alpha value is -1.20. The maximum atomic E-state index is 12.2. The number of aromatic nitrogens is 2. The van der Waals surface area contributed by atoms with E-state index < -0.39 is 0 Å². The molecule has 0 atom stereocenters. The van der Waals surface area contributed by atoms with E-state index in [1.807, 2.05) is 0 Å². The summed E-state index contributed by atoms with van der Waals surface area (Å²) >= 11 is 0. The topological polar surface area (TPSA) is 67.0 Å². The van der Waals surface area contributed by atoms with E-state index in [0.717, 1.165) is 55.7 Å². The van der Waals surface area contributed by atoms with E-state index in [2.05, 4.69) is 10.3 Å². The maximum absolute atomic E-state index is 12.2. The summed E-state index contributed by atoms with van der Waals surface area (Å²) in [7, 11) is 1.73. The van der Waals surface area contributed by atoms with E-state index in [4.69, 9.17) is 9.72 Å².